The van der Waals surface area contributed by atoms with Gasteiger partial charge in [-0.05, 0) is 45.1 Å². The van der Waals surface area contributed by atoms with Gasteiger partial charge in [0.25, 0.3) is 0 Å². The Morgan fingerprint density at radius 1 is 1.41 bits per heavy atom. The van der Waals surface area contributed by atoms with Crippen LogP contribution >= 0.6 is 11.6 Å². The van der Waals surface area contributed by atoms with E-state index in [-0.39, 0.29) is 17.8 Å². The molecule has 1 heterocycles. The van der Waals surface area contributed by atoms with Crippen LogP contribution in [0, 0.1) is 5.82 Å². The molecule has 2 N–H and O–H groups in total. The lowest BCUT2D eigenvalue weighted by molar-refractivity contribution is -0.121. The smallest absolute Gasteiger partial charge is 0.221 e. The zero-order chi connectivity index (χ0) is 15.9. The first-order valence-corrected chi connectivity index (χ1v) is 8.10. The van der Waals surface area contributed by atoms with Crippen LogP contribution in [-0.2, 0) is 4.79 Å². The van der Waals surface area contributed by atoms with Crippen LogP contribution < -0.4 is 10.6 Å². The Hall–Kier alpha value is -1.17. The minimum Gasteiger partial charge on any atom is -0.354 e. The molecule has 122 valence electrons. The van der Waals surface area contributed by atoms with Crippen molar-refractivity contribution in [2.45, 2.75) is 25.3 Å². The van der Waals surface area contributed by atoms with Crippen LogP contribution in [0.5, 0.6) is 0 Å². The largest absolute Gasteiger partial charge is 0.354 e. The van der Waals surface area contributed by atoms with E-state index >= 15 is 0 Å². The molecule has 0 aliphatic carbocycles. The van der Waals surface area contributed by atoms with Gasteiger partial charge in [-0.15, -0.1) is 0 Å². The van der Waals surface area contributed by atoms with Crippen LogP contribution in [0.2, 0.25) is 5.02 Å². The monoisotopic (exact) mass is 327 g/mol. The summed E-state index contributed by atoms with van der Waals surface area (Å²) in [5, 5.41) is 6.26. The summed E-state index contributed by atoms with van der Waals surface area (Å²) in [6.07, 6.45) is 2.60. The van der Waals surface area contributed by atoms with Gasteiger partial charge in [-0.3, -0.25) is 9.69 Å². The molecule has 1 unspecified atom stereocenters. The number of nitrogens with one attached hydrogen (secondary N) is 2. The van der Waals surface area contributed by atoms with Crippen LogP contribution in [0.15, 0.2) is 18.2 Å². The Kier molecular flexibility index (Phi) is 6.61. The fourth-order valence-electron chi connectivity index (χ4n) is 2.83. The normalized spacial score (nSPS) is 16.7. The van der Waals surface area contributed by atoms with Gasteiger partial charge in [0.1, 0.15) is 5.82 Å². The summed E-state index contributed by atoms with van der Waals surface area (Å²) >= 11 is 6.21. The highest BCUT2D eigenvalue weighted by atomic mass is 35.5. The van der Waals surface area contributed by atoms with Crippen molar-refractivity contribution in [1.29, 1.82) is 0 Å². The maximum atomic E-state index is 14.2. The number of nitrogens with zero attached hydrogens (tertiary/aromatic N) is 1. The summed E-state index contributed by atoms with van der Waals surface area (Å²) in [4.78, 5) is 14.0. The number of hydrogen-bond donors (Lipinski definition) is 2. The molecule has 0 spiro atoms. The lowest BCUT2D eigenvalue weighted by Crippen LogP contribution is -2.38. The summed E-state index contributed by atoms with van der Waals surface area (Å²) < 4.78 is 14.2. The maximum Gasteiger partial charge on any atom is 0.221 e. The molecule has 1 aromatic rings. The number of hydrogen-bond acceptors (Lipinski definition) is 3. The molecule has 0 radical (unpaired) electrons. The molecule has 1 aliphatic rings. The Morgan fingerprint density at radius 3 is 2.77 bits per heavy atom. The molecule has 0 aromatic heterocycles. The molecule has 1 aliphatic heterocycles. The highest BCUT2D eigenvalue weighted by Crippen LogP contribution is 2.31. The summed E-state index contributed by atoms with van der Waals surface area (Å²) in [7, 11) is 1.80. The van der Waals surface area contributed by atoms with Crippen molar-refractivity contribution >= 4 is 17.5 Å². The predicted molar refractivity (Wildman–Crippen MR) is 86.5 cm³/mol. The van der Waals surface area contributed by atoms with E-state index in [9.17, 15) is 9.18 Å². The number of halogens is 2. The van der Waals surface area contributed by atoms with Gasteiger partial charge in [0.2, 0.25) is 5.91 Å². The van der Waals surface area contributed by atoms with E-state index in [0.29, 0.717) is 30.1 Å². The Labute approximate surface area is 136 Å². The topological polar surface area (TPSA) is 44.4 Å². The summed E-state index contributed by atoms with van der Waals surface area (Å²) in [6.45, 7) is 2.81. The molecule has 22 heavy (non-hydrogen) atoms. The third-order valence-electron chi connectivity index (χ3n) is 4.01. The van der Waals surface area contributed by atoms with E-state index in [1.807, 2.05) is 0 Å². The van der Waals surface area contributed by atoms with Crippen molar-refractivity contribution in [2.75, 3.05) is 33.2 Å². The Morgan fingerprint density at radius 2 is 2.14 bits per heavy atom. The Balaban J connectivity index is 2.11. The van der Waals surface area contributed by atoms with E-state index < -0.39 is 0 Å². The van der Waals surface area contributed by atoms with Gasteiger partial charge >= 0.3 is 0 Å². The maximum absolute atomic E-state index is 14.2. The number of likely N-dealkylation sites (tertiary alicyclic amines) is 1. The third-order valence-corrected chi connectivity index (χ3v) is 4.34. The molecule has 1 amide bonds. The summed E-state index contributed by atoms with van der Waals surface area (Å²) in [5.74, 6) is -0.347. The molecule has 1 aromatic carbocycles. The second-order valence-corrected chi connectivity index (χ2v) is 5.96. The lowest BCUT2D eigenvalue weighted by atomic mass is 10.0. The number of amides is 1. The standard InChI is InChI=1S/C16H23ClFN3O/c1-19-8-7-15(22)20-11-14(21-9-2-3-10-21)16-12(17)5-4-6-13(16)18/h4-6,14,19H,2-3,7-11H2,1H3,(H,20,22). The van der Waals surface area contributed by atoms with E-state index in [0.717, 1.165) is 25.9 Å². The zero-order valence-corrected chi connectivity index (χ0v) is 13.6. The van der Waals surface area contributed by atoms with Crippen LogP contribution in [-0.4, -0.2) is 44.0 Å². The summed E-state index contributed by atoms with van der Waals surface area (Å²) in [5.41, 5.74) is 0.486. The third kappa shape index (κ3) is 4.41. The molecular weight excluding hydrogens is 305 g/mol. The van der Waals surface area contributed by atoms with Crippen molar-refractivity contribution in [3.8, 4) is 0 Å². The van der Waals surface area contributed by atoms with Gasteiger partial charge in [-0.2, -0.15) is 0 Å². The van der Waals surface area contributed by atoms with Crippen LogP contribution in [0.25, 0.3) is 0 Å². The highest BCUT2D eigenvalue weighted by molar-refractivity contribution is 6.31. The molecule has 6 heteroatoms. The van der Waals surface area contributed by atoms with Crippen LogP contribution in [0.1, 0.15) is 30.9 Å². The van der Waals surface area contributed by atoms with E-state index in [1.165, 1.54) is 6.07 Å². The van der Waals surface area contributed by atoms with Crippen molar-refractivity contribution in [2.24, 2.45) is 0 Å². The predicted octanol–water partition coefficient (Wildman–Crippen LogP) is 2.34. The van der Waals surface area contributed by atoms with Gasteiger partial charge in [-0.1, -0.05) is 17.7 Å². The van der Waals surface area contributed by atoms with E-state index in [2.05, 4.69) is 15.5 Å². The molecule has 2 rings (SSSR count). The first-order chi connectivity index (χ1) is 10.6. The number of carbonyl (C=O) groups excluding carboxylic acids is 1. The minimum atomic E-state index is -0.311. The van der Waals surface area contributed by atoms with Crippen molar-refractivity contribution < 1.29 is 9.18 Å². The second-order valence-electron chi connectivity index (χ2n) is 5.55. The lowest BCUT2D eigenvalue weighted by Gasteiger charge is -2.29. The highest BCUT2D eigenvalue weighted by Gasteiger charge is 2.27. The van der Waals surface area contributed by atoms with Gasteiger partial charge < -0.3 is 10.6 Å². The van der Waals surface area contributed by atoms with Gasteiger partial charge in [0, 0.05) is 30.1 Å². The molecule has 0 saturated carbocycles. The average Bonchev–Trinajstić information content (AvgIpc) is 3.02. The average molecular weight is 328 g/mol. The minimum absolute atomic E-state index is 0.0361. The quantitative estimate of drug-likeness (QED) is 0.808. The fraction of sp³-hybridized carbons (Fsp3) is 0.562. The number of benzene rings is 1. The van der Waals surface area contributed by atoms with Gasteiger partial charge in [-0.25, -0.2) is 4.39 Å². The second kappa shape index (κ2) is 8.46. The molecule has 1 fully saturated rings. The summed E-state index contributed by atoms with van der Waals surface area (Å²) in [6, 6.07) is 4.52. The molecular formula is C16H23ClFN3O. The first kappa shape index (κ1) is 17.2. The zero-order valence-electron chi connectivity index (χ0n) is 12.9. The van der Waals surface area contributed by atoms with E-state index in [1.54, 1.807) is 19.2 Å². The number of carbonyl (C=O) groups is 1. The van der Waals surface area contributed by atoms with Crippen molar-refractivity contribution in [3.05, 3.63) is 34.6 Å². The van der Waals surface area contributed by atoms with Crippen LogP contribution in [0.3, 0.4) is 0 Å². The molecule has 1 atom stereocenters. The van der Waals surface area contributed by atoms with E-state index in [4.69, 9.17) is 11.6 Å². The fourth-order valence-corrected chi connectivity index (χ4v) is 3.12. The van der Waals surface area contributed by atoms with Gasteiger partial charge in [0.15, 0.2) is 0 Å². The molecule has 4 nitrogen and oxygen atoms in total. The van der Waals surface area contributed by atoms with Crippen LogP contribution in [0.4, 0.5) is 4.39 Å². The molecule has 1 saturated heterocycles. The SMILES string of the molecule is CNCCC(=O)NCC(c1c(F)cccc1Cl)N1CCCC1. The molecule has 0 bridgehead atoms. The Bertz CT molecular complexity index is 486. The van der Waals surface area contributed by atoms with Crippen molar-refractivity contribution in [1.82, 2.24) is 15.5 Å². The first-order valence-electron chi connectivity index (χ1n) is 7.72. The van der Waals surface area contributed by atoms with Gasteiger partial charge in [0.05, 0.1) is 6.04 Å². The number of rotatable bonds is 7. The van der Waals surface area contributed by atoms with Crippen molar-refractivity contribution in [3.63, 3.8) is 0 Å².